The van der Waals surface area contributed by atoms with Gasteiger partial charge in [0.1, 0.15) is 0 Å². The van der Waals surface area contributed by atoms with Crippen LogP contribution in [0, 0.1) is 5.92 Å². The van der Waals surface area contributed by atoms with Gasteiger partial charge in [0.15, 0.2) is 5.13 Å². The van der Waals surface area contributed by atoms with Gasteiger partial charge in [-0.1, -0.05) is 11.3 Å². The molecule has 1 aromatic carbocycles. The maximum Gasteiger partial charge on any atom is 0.184 e. The zero-order valence-electron chi connectivity index (χ0n) is 10.6. The summed E-state index contributed by atoms with van der Waals surface area (Å²) in [5, 5.41) is 4.55. The second-order valence-corrected chi connectivity index (χ2v) is 6.49. The van der Waals surface area contributed by atoms with Crippen LogP contribution in [0.3, 0.4) is 0 Å². The molecule has 0 bridgehead atoms. The number of benzene rings is 1. The van der Waals surface area contributed by atoms with Crippen molar-refractivity contribution in [3.05, 3.63) is 18.2 Å². The van der Waals surface area contributed by atoms with Crippen LogP contribution < -0.4 is 11.1 Å². The Morgan fingerprint density at radius 1 is 1.32 bits per heavy atom. The predicted octanol–water partition coefficient (Wildman–Crippen LogP) is 2.86. The number of nitrogens with one attached hydrogen (secondary N) is 1. The number of thiazole rings is 1. The predicted molar refractivity (Wildman–Crippen MR) is 78.5 cm³/mol. The second kappa shape index (κ2) is 4.35. The van der Waals surface area contributed by atoms with Gasteiger partial charge in [0.25, 0.3) is 0 Å². The van der Waals surface area contributed by atoms with Crippen LogP contribution in [0.4, 0.5) is 10.8 Å². The van der Waals surface area contributed by atoms with Crippen LogP contribution >= 0.6 is 11.3 Å². The summed E-state index contributed by atoms with van der Waals surface area (Å²) >= 11 is 1.67. The molecule has 1 saturated heterocycles. The van der Waals surface area contributed by atoms with E-state index in [9.17, 15) is 0 Å². The summed E-state index contributed by atoms with van der Waals surface area (Å²) in [6.45, 7) is 0.872. The Morgan fingerprint density at radius 3 is 3.05 bits per heavy atom. The van der Waals surface area contributed by atoms with Crippen LogP contribution in [0.15, 0.2) is 18.2 Å². The molecule has 2 aromatic rings. The summed E-state index contributed by atoms with van der Waals surface area (Å²) in [6.07, 6.45) is 4.11. The number of hydrogen-bond acceptors (Lipinski definition) is 5. The highest BCUT2D eigenvalue weighted by Gasteiger charge is 2.40. The van der Waals surface area contributed by atoms with Crippen molar-refractivity contribution >= 4 is 32.4 Å². The molecule has 0 amide bonds. The highest BCUT2D eigenvalue weighted by molar-refractivity contribution is 7.22. The highest BCUT2D eigenvalue weighted by Crippen LogP contribution is 2.40. The molecule has 0 spiro atoms. The number of nitrogens with zero attached hydrogens (tertiary/aromatic N) is 1. The van der Waals surface area contributed by atoms with Crippen molar-refractivity contribution in [3.63, 3.8) is 0 Å². The number of ether oxygens (including phenoxy) is 1. The fraction of sp³-hybridized carbons (Fsp3) is 0.500. The van der Waals surface area contributed by atoms with E-state index in [0.29, 0.717) is 12.1 Å². The molecule has 2 heterocycles. The van der Waals surface area contributed by atoms with E-state index in [1.165, 1.54) is 12.8 Å². The van der Waals surface area contributed by atoms with E-state index in [-0.39, 0.29) is 0 Å². The van der Waals surface area contributed by atoms with Crippen LogP contribution in [-0.2, 0) is 4.74 Å². The normalized spacial score (nSPS) is 26.9. The largest absolute Gasteiger partial charge is 0.399 e. The van der Waals surface area contributed by atoms with Crippen molar-refractivity contribution < 1.29 is 4.74 Å². The number of nitrogen functional groups attached to an aromatic ring is 1. The van der Waals surface area contributed by atoms with Gasteiger partial charge in [-0.15, -0.1) is 0 Å². The molecule has 2 atom stereocenters. The molecule has 2 aliphatic rings. The van der Waals surface area contributed by atoms with Gasteiger partial charge in [-0.3, -0.25) is 0 Å². The lowest BCUT2D eigenvalue weighted by Crippen LogP contribution is -2.30. The summed E-state index contributed by atoms with van der Waals surface area (Å²) in [4.78, 5) is 4.63. The maximum absolute atomic E-state index is 5.85. The van der Waals surface area contributed by atoms with Crippen LogP contribution in [0.25, 0.3) is 10.2 Å². The van der Waals surface area contributed by atoms with Crippen LogP contribution in [-0.4, -0.2) is 23.7 Å². The third kappa shape index (κ3) is 2.17. The van der Waals surface area contributed by atoms with Crippen molar-refractivity contribution in [1.82, 2.24) is 4.98 Å². The van der Waals surface area contributed by atoms with E-state index >= 15 is 0 Å². The van der Waals surface area contributed by atoms with Crippen molar-refractivity contribution in [2.45, 2.75) is 31.4 Å². The van der Waals surface area contributed by atoms with Crippen molar-refractivity contribution in [2.75, 3.05) is 17.7 Å². The van der Waals surface area contributed by atoms with Gasteiger partial charge < -0.3 is 15.8 Å². The molecular formula is C14H17N3OS. The number of aromatic nitrogens is 1. The van der Waals surface area contributed by atoms with E-state index in [1.807, 2.05) is 18.2 Å². The Morgan fingerprint density at radius 2 is 2.21 bits per heavy atom. The van der Waals surface area contributed by atoms with Crippen molar-refractivity contribution in [2.24, 2.45) is 5.92 Å². The van der Waals surface area contributed by atoms with Crippen LogP contribution in [0.5, 0.6) is 0 Å². The number of fused-ring (bicyclic) bond motifs is 1. The molecule has 4 nitrogen and oxygen atoms in total. The number of anilines is 2. The zero-order chi connectivity index (χ0) is 12.8. The van der Waals surface area contributed by atoms with E-state index in [1.54, 1.807) is 11.3 Å². The van der Waals surface area contributed by atoms with E-state index in [4.69, 9.17) is 10.5 Å². The first kappa shape index (κ1) is 11.5. The lowest BCUT2D eigenvalue weighted by atomic mass is 10.1. The number of hydrogen-bond donors (Lipinski definition) is 2. The Bertz CT molecular complexity index is 608. The highest BCUT2D eigenvalue weighted by atomic mass is 32.1. The monoisotopic (exact) mass is 275 g/mol. The quantitative estimate of drug-likeness (QED) is 0.846. The Hall–Kier alpha value is -1.33. The average molecular weight is 275 g/mol. The molecule has 2 fully saturated rings. The van der Waals surface area contributed by atoms with Crippen LogP contribution in [0.2, 0.25) is 0 Å². The molecular weight excluding hydrogens is 258 g/mol. The summed E-state index contributed by atoms with van der Waals surface area (Å²) in [5.41, 5.74) is 7.62. The molecule has 2 unspecified atom stereocenters. The Balaban J connectivity index is 1.57. The minimum absolute atomic E-state index is 0.386. The van der Waals surface area contributed by atoms with Gasteiger partial charge in [0.05, 0.1) is 22.4 Å². The van der Waals surface area contributed by atoms with E-state index < -0.39 is 0 Å². The maximum atomic E-state index is 5.85. The van der Waals surface area contributed by atoms with Crippen LogP contribution in [0.1, 0.15) is 19.3 Å². The molecule has 100 valence electrons. The fourth-order valence-electron chi connectivity index (χ4n) is 2.82. The van der Waals surface area contributed by atoms with Gasteiger partial charge >= 0.3 is 0 Å². The minimum Gasteiger partial charge on any atom is -0.399 e. The van der Waals surface area contributed by atoms with Gasteiger partial charge in [-0.25, -0.2) is 4.98 Å². The van der Waals surface area contributed by atoms with Crippen molar-refractivity contribution in [1.29, 1.82) is 0 Å². The standard InChI is InChI=1S/C14H17N3OS/c15-9-3-4-10-12(7-9)19-14(16-10)17-11-5-6-18-13(11)8-1-2-8/h3-4,7-8,11,13H,1-2,5-6,15H2,(H,16,17). The summed E-state index contributed by atoms with van der Waals surface area (Å²) in [6, 6.07) is 6.29. The molecule has 3 N–H and O–H groups in total. The zero-order valence-corrected chi connectivity index (χ0v) is 11.5. The van der Waals surface area contributed by atoms with E-state index in [2.05, 4.69) is 10.3 Å². The Kier molecular flexibility index (Phi) is 2.63. The lowest BCUT2D eigenvalue weighted by Gasteiger charge is -2.18. The molecule has 0 radical (unpaired) electrons. The molecule has 1 aliphatic heterocycles. The molecule has 5 heteroatoms. The number of nitrogens with two attached hydrogens (primary N) is 1. The average Bonchev–Trinajstić information content (AvgIpc) is 3.00. The van der Waals surface area contributed by atoms with Gasteiger partial charge in [0, 0.05) is 12.3 Å². The SMILES string of the molecule is Nc1ccc2nc(NC3CCOC3C3CC3)sc2c1. The topological polar surface area (TPSA) is 60.2 Å². The lowest BCUT2D eigenvalue weighted by molar-refractivity contribution is 0.0898. The first-order valence-corrected chi connectivity index (χ1v) is 7.65. The molecule has 1 aliphatic carbocycles. The minimum atomic E-state index is 0.386. The van der Waals surface area contributed by atoms with Crippen molar-refractivity contribution in [3.8, 4) is 0 Å². The molecule has 1 saturated carbocycles. The number of rotatable bonds is 3. The molecule has 19 heavy (non-hydrogen) atoms. The van der Waals surface area contributed by atoms with Gasteiger partial charge in [-0.05, 0) is 43.4 Å². The molecule has 1 aromatic heterocycles. The smallest absolute Gasteiger partial charge is 0.184 e. The Labute approximate surface area is 116 Å². The fourth-order valence-corrected chi connectivity index (χ4v) is 3.79. The first-order valence-electron chi connectivity index (χ1n) is 6.84. The third-order valence-corrected chi connectivity index (χ3v) is 4.89. The van der Waals surface area contributed by atoms with E-state index in [0.717, 1.165) is 40.0 Å². The van der Waals surface area contributed by atoms with Gasteiger partial charge in [-0.2, -0.15) is 0 Å². The second-order valence-electron chi connectivity index (χ2n) is 5.46. The summed E-state index contributed by atoms with van der Waals surface area (Å²) in [5.74, 6) is 0.769. The first-order chi connectivity index (χ1) is 9.29. The molecule has 4 rings (SSSR count). The third-order valence-electron chi connectivity index (χ3n) is 3.94. The van der Waals surface area contributed by atoms with Gasteiger partial charge in [0.2, 0.25) is 0 Å². The summed E-state index contributed by atoms with van der Waals surface area (Å²) < 4.78 is 6.99. The summed E-state index contributed by atoms with van der Waals surface area (Å²) in [7, 11) is 0.